The van der Waals surface area contributed by atoms with Gasteiger partial charge in [-0.15, -0.1) is 0 Å². The summed E-state index contributed by atoms with van der Waals surface area (Å²) in [7, 11) is 0. The van der Waals surface area contributed by atoms with Crippen molar-refractivity contribution in [2.75, 3.05) is 6.54 Å². The second-order valence-corrected chi connectivity index (χ2v) is 6.20. The Labute approximate surface area is 122 Å². The largest absolute Gasteiger partial charge is 0.310 e. The number of halogens is 1. The summed E-state index contributed by atoms with van der Waals surface area (Å²) in [6, 6.07) is 8.72. The lowest BCUT2D eigenvalue weighted by Crippen LogP contribution is -2.22. The molecule has 1 aromatic carbocycles. The van der Waals surface area contributed by atoms with Crippen LogP contribution < -0.4 is 5.32 Å². The molecule has 1 nitrogen and oxygen atoms in total. The van der Waals surface area contributed by atoms with Crippen molar-refractivity contribution in [3.05, 3.63) is 34.9 Å². The first kappa shape index (κ1) is 14.9. The highest BCUT2D eigenvalue weighted by atomic mass is 35.5. The molecule has 1 N–H and O–H groups in total. The van der Waals surface area contributed by atoms with E-state index in [1.54, 1.807) is 0 Å². The summed E-state index contributed by atoms with van der Waals surface area (Å²) < 4.78 is 0. The van der Waals surface area contributed by atoms with Gasteiger partial charge in [-0.25, -0.2) is 0 Å². The molecule has 2 heteroatoms. The first-order valence-corrected chi connectivity index (χ1v) is 8.16. The minimum Gasteiger partial charge on any atom is -0.310 e. The minimum atomic E-state index is 0.473. The van der Waals surface area contributed by atoms with Gasteiger partial charge in [-0.2, -0.15) is 0 Å². The monoisotopic (exact) mass is 279 g/mol. The lowest BCUT2D eigenvalue weighted by molar-refractivity contribution is 0.444. The van der Waals surface area contributed by atoms with Gasteiger partial charge in [-0.05, 0) is 49.4 Å². The summed E-state index contributed by atoms with van der Waals surface area (Å²) in [5.41, 5.74) is 1.35. The number of nitrogens with one attached hydrogen (secondary N) is 1. The van der Waals surface area contributed by atoms with E-state index in [9.17, 15) is 0 Å². The van der Waals surface area contributed by atoms with Crippen LogP contribution in [0.3, 0.4) is 0 Å². The van der Waals surface area contributed by atoms with Gasteiger partial charge in [0.1, 0.15) is 0 Å². The van der Waals surface area contributed by atoms with E-state index in [0.29, 0.717) is 6.04 Å². The Morgan fingerprint density at radius 1 is 1.21 bits per heavy atom. The molecule has 1 fully saturated rings. The molecule has 0 amide bonds. The summed E-state index contributed by atoms with van der Waals surface area (Å²) in [5.74, 6) is 1.01. The van der Waals surface area contributed by atoms with E-state index < -0.39 is 0 Å². The molecule has 1 aromatic rings. The van der Waals surface area contributed by atoms with Gasteiger partial charge in [-0.1, -0.05) is 56.3 Å². The molecule has 1 saturated carbocycles. The van der Waals surface area contributed by atoms with E-state index in [0.717, 1.165) is 23.9 Å². The van der Waals surface area contributed by atoms with Gasteiger partial charge >= 0.3 is 0 Å². The highest BCUT2D eigenvalue weighted by Crippen LogP contribution is 2.28. The molecule has 0 aromatic heterocycles. The molecule has 0 bridgehead atoms. The van der Waals surface area contributed by atoms with Gasteiger partial charge in [0.25, 0.3) is 0 Å². The lowest BCUT2D eigenvalue weighted by atomic mass is 10.0. The predicted molar refractivity (Wildman–Crippen MR) is 83.7 cm³/mol. The quantitative estimate of drug-likeness (QED) is 0.663. The van der Waals surface area contributed by atoms with Crippen molar-refractivity contribution in [2.24, 2.45) is 5.92 Å². The molecule has 1 aliphatic carbocycles. The van der Waals surface area contributed by atoms with Crippen molar-refractivity contribution >= 4 is 11.6 Å². The first-order chi connectivity index (χ1) is 9.29. The van der Waals surface area contributed by atoms with E-state index >= 15 is 0 Å². The van der Waals surface area contributed by atoms with Crippen LogP contribution in [-0.2, 0) is 0 Å². The smallest absolute Gasteiger partial charge is 0.0406 e. The number of benzene rings is 1. The third-order valence-electron chi connectivity index (χ3n) is 4.34. The van der Waals surface area contributed by atoms with Crippen molar-refractivity contribution in [1.29, 1.82) is 0 Å². The molecular weight excluding hydrogens is 254 g/mol. The van der Waals surface area contributed by atoms with Gasteiger partial charge in [0.2, 0.25) is 0 Å². The van der Waals surface area contributed by atoms with Crippen molar-refractivity contribution < 1.29 is 0 Å². The fraction of sp³-hybridized carbons (Fsp3) is 0.647. The van der Waals surface area contributed by atoms with Gasteiger partial charge in [0, 0.05) is 11.1 Å². The Bertz CT molecular complexity index is 354. The summed E-state index contributed by atoms with van der Waals surface area (Å²) in [5, 5.41) is 4.51. The van der Waals surface area contributed by atoms with Crippen LogP contribution in [0.4, 0.5) is 0 Å². The number of hydrogen-bond donors (Lipinski definition) is 1. The summed E-state index contributed by atoms with van der Waals surface area (Å²) in [6.07, 6.45) is 9.70. The van der Waals surface area contributed by atoms with Crippen LogP contribution in [0.1, 0.15) is 63.5 Å². The highest BCUT2D eigenvalue weighted by molar-refractivity contribution is 6.30. The molecule has 0 spiro atoms. The summed E-state index contributed by atoms with van der Waals surface area (Å²) in [6.45, 7) is 3.38. The molecule has 0 heterocycles. The second-order valence-electron chi connectivity index (χ2n) is 5.76. The Morgan fingerprint density at radius 3 is 2.53 bits per heavy atom. The topological polar surface area (TPSA) is 12.0 Å². The normalized spacial score (nSPS) is 17.8. The molecule has 1 atom stereocenters. The third kappa shape index (κ3) is 4.81. The van der Waals surface area contributed by atoms with Gasteiger partial charge in [0.15, 0.2) is 0 Å². The van der Waals surface area contributed by atoms with Crippen LogP contribution >= 0.6 is 11.6 Å². The zero-order valence-electron chi connectivity index (χ0n) is 12.0. The van der Waals surface area contributed by atoms with Crippen molar-refractivity contribution in [3.8, 4) is 0 Å². The van der Waals surface area contributed by atoms with E-state index in [1.165, 1.54) is 44.1 Å². The first-order valence-electron chi connectivity index (χ1n) is 7.78. The lowest BCUT2D eigenvalue weighted by Gasteiger charge is -2.18. The molecule has 2 rings (SSSR count). The maximum atomic E-state index is 5.94. The van der Waals surface area contributed by atoms with Gasteiger partial charge in [0.05, 0.1) is 0 Å². The maximum absolute atomic E-state index is 5.94. The van der Waals surface area contributed by atoms with Crippen molar-refractivity contribution in [1.82, 2.24) is 5.32 Å². The average molecular weight is 280 g/mol. The zero-order valence-corrected chi connectivity index (χ0v) is 12.8. The SMILES string of the molecule is CCC(NCCCC1CCCC1)c1ccc(Cl)cc1. The molecular formula is C17H26ClN. The molecule has 19 heavy (non-hydrogen) atoms. The van der Waals surface area contributed by atoms with Crippen LogP contribution in [0, 0.1) is 5.92 Å². The van der Waals surface area contributed by atoms with Crippen LogP contribution in [-0.4, -0.2) is 6.54 Å². The van der Waals surface area contributed by atoms with Crippen LogP contribution in [0.5, 0.6) is 0 Å². The summed E-state index contributed by atoms with van der Waals surface area (Å²) >= 11 is 5.94. The van der Waals surface area contributed by atoms with Crippen LogP contribution in [0.25, 0.3) is 0 Å². The van der Waals surface area contributed by atoms with E-state index in [-0.39, 0.29) is 0 Å². The standard InChI is InChI=1S/C17H26ClN/c1-2-17(15-9-11-16(18)12-10-15)19-13-5-8-14-6-3-4-7-14/h9-12,14,17,19H,2-8,13H2,1H3. The Morgan fingerprint density at radius 2 is 1.89 bits per heavy atom. The Balaban J connectivity index is 1.71. The van der Waals surface area contributed by atoms with Gasteiger partial charge < -0.3 is 5.32 Å². The highest BCUT2D eigenvalue weighted by Gasteiger charge is 2.14. The second kappa shape index (κ2) is 7.91. The fourth-order valence-corrected chi connectivity index (χ4v) is 3.29. The maximum Gasteiger partial charge on any atom is 0.0406 e. The molecule has 106 valence electrons. The van der Waals surface area contributed by atoms with E-state index in [4.69, 9.17) is 11.6 Å². The predicted octanol–water partition coefficient (Wildman–Crippen LogP) is 5.35. The average Bonchev–Trinajstić information content (AvgIpc) is 2.93. The molecule has 1 unspecified atom stereocenters. The molecule has 0 saturated heterocycles. The zero-order chi connectivity index (χ0) is 13.5. The van der Waals surface area contributed by atoms with Crippen LogP contribution in [0.15, 0.2) is 24.3 Å². The minimum absolute atomic E-state index is 0.473. The van der Waals surface area contributed by atoms with Crippen molar-refractivity contribution in [2.45, 2.75) is 57.9 Å². The van der Waals surface area contributed by atoms with Crippen LogP contribution in [0.2, 0.25) is 5.02 Å². The number of hydrogen-bond acceptors (Lipinski definition) is 1. The summed E-state index contributed by atoms with van der Waals surface area (Å²) in [4.78, 5) is 0. The Kier molecular flexibility index (Phi) is 6.19. The number of rotatable bonds is 7. The Hall–Kier alpha value is -0.530. The van der Waals surface area contributed by atoms with E-state index in [2.05, 4.69) is 24.4 Å². The fourth-order valence-electron chi connectivity index (χ4n) is 3.16. The molecule has 0 radical (unpaired) electrons. The molecule has 1 aliphatic rings. The third-order valence-corrected chi connectivity index (χ3v) is 4.59. The molecule has 0 aliphatic heterocycles. The van der Waals surface area contributed by atoms with Gasteiger partial charge in [-0.3, -0.25) is 0 Å². The van der Waals surface area contributed by atoms with Crippen molar-refractivity contribution in [3.63, 3.8) is 0 Å². The van der Waals surface area contributed by atoms with E-state index in [1.807, 2.05) is 12.1 Å².